The van der Waals surface area contributed by atoms with E-state index >= 15 is 0 Å². The number of aryl methyl sites for hydroxylation is 1. The molecule has 0 saturated heterocycles. The number of rotatable bonds is 5. The van der Waals surface area contributed by atoms with Crippen LogP contribution in [0.15, 0.2) is 29.6 Å². The first-order chi connectivity index (χ1) is 8.28. The Hall–Kier alpha value is -1.26. The highest BCUT2D eigenvalue weighted by atomic mass is 32.1. The fourth-order valence-corrected chi connectivity index (χ4v) is 2.32. The molecule has 1 aromatic carbocycles. The van der Waals surface area contributed by atoms with Gasteiger partial charge in [0.25, 0.3) is 0 Å². The van der Waals surface area contributed by atoms with E-state index in [0.29, 0.717) is 6.54 Å². The Morgan fingerprint density at radius 3 is 2.94 bits per heavy atom. The molecule has 0 fully saturated rings. The van der Waals surface area contributed by atoms with Gasteiger partial charge in [0, 0.05) is 18.5 Å². The van der Waals surface area contributed by atoms with Crippen LogP contribution in [0.1, 0.15) is 23.2 Å². The number of thiazole rings is 1. The molecule has 0 radical (unpaired) electrons. The molecule has 0 bridgehead atoms. The third-order valence-corrected chi connectivity index (χ3v) is 3.47. The van der Waals surface area contributed by atoms with Crippen LogP contribution in [0.3, 0.4) is 0 Å². The number of halogens is 1. The molecular formula is C13H15FN2S. The van der Waals surface area contributed by atoms with Crippen LogP contribution in [0.25, 0.3) is 0 Å². The lowest BCUT2D eigenvalue weighted by atomic mass is 10.2. The summed E-state index contributed by atoms with van der Waals surface area (Å²) in [6.07, 6.45) is 0.981. The molecule has 0 aliphatic rings. The summed E-state index contributed by atoms with van der Waals surface area (Å²) in [6.45, 7) is 3.49. The van der Waals surface area contributed by atoms with Gasteiger partial charge >= 0.3 is 0 Å². The minimum Gasteiger partial charge on any atom is -0.307 e. The third kappa shape index (κ3) is 3.61. The highest BCUT2D eigenvalue weighted by molar-refractivity contribution is 7.09. The van der Waals surface area contributed by atoms with E-state index in [9.17, 15) is 4.39 Å². The average molecular weight is 250 g/mol. The van der Waals surface area contributed by atoms with Crippen molar-refractivity contribution < 1.29 is 4.39 Å². The molecule has 1 aromatic heterocycles. The molecule has 4 heteroatoms. The monoisotopic (exact) mass is 250 g/mol. The van der Waals surface area contributed by atoms with Crippen LogP contribution in [0.2, 0.25) is 0 Å². The van der Waals surface area contributed by atoms with Crippen molar-refractivity contribution in [2.75, 3.05) is 0 Å². The smallest absolute Gasteiger partial charge is 0.123 e. The first kappa shape index (κ1) is 12.2. The quantitative estimate of drug-likeness (QED) is 0.882. The zero-order valence-electron chi connectivity index (χ0n) is 9.74. The Morgan fingerprint density at radius 1 is 1.35 bits per heavy atom. The Morgan fingerprint density at radius 2 is 2.24 bits per heavy atom. The molecule has 0 amide bonds. The Kier molecular flexibility index (Phi) is 4.23. The van der Waals surface area contributed by atoms with Crippen LogP contribution in [0.5, 0.6) is 0 Å². The summed E-state index contributed by atoms with van der Waals surface area (Å²) >= 11 is 1.69. The van der Waals surface area contributed by atoms with Crippen LogP contribution in [-0.4, -0.2) is 4.98 Å². The van der Waals surface area contributed by atoms with Crippen molar-refractivity contribution in [3.8, 4) is 0 Å². The third-order valence-electron chi connectivity index (χ3n) is 2.43. The van der Waals surface area contributed by atoms with E-state index in [1.807, 2.05) is 6.07 Å². The maximum absolute atomic E-state index is 12.9. The number of hydrogen-bond acceptors (Lipinski definition) is 3. The topological polar surface area (TPSA) is 24.9 Å². The van der Waals surface area contributed by atoms with E-state index in [1.165, 1.54) is 6.07 Å². The maximum Gasteiger partial charge on any atom is 0.123 e. The Balaban J connectivity index is 1.83. The molecule has 2 nitrogen and oxygen atoms in total. The van der Waals surface area contributed by atoms with Crippen molar-refractivity contribution in [1.29, 1.82) is 0 Å². The van der Waals surface area contributed by atoms with Gasteiger partial charge in [-0.2, -0.15) is 0 Å². The summed E-state index contributed by atoms with van der Waals surface area (Å²) < 4.78 is 12.9. The second kappa shape index (κ2) is 5.89. The normalized spacial score (nSPS) is 10.7. The summed E-state index contributed by atoms with van der Waals surface area (Å²) in [4.78, 5) is 4.46. The Bertz CT molecular complexity index is 482. The summed E-state index contributed by atoms with van der Waals surface area (Å²) in [6, 6.07) is 6.64. The van der Waals surface area contributed by atoms with Crippen LogP contribution in [-0.2, 0) is 19.5 Å². The van der Waals surface area contributed by atoms with Gasteiger partial charge in [-0.15, -0.1) is 11.3 Å². The maximum atomic E-state index is 12.9. The highest BCUT2D eigenvalue weighted by Crippen LogP contribution is 2.10. The molecule has 0 aliphatic carbocycles. The molecule has 0 saturated carbocycles. The van der Waals surface area contributed by atoms with Crippen LogP contribution < -0.4 is 5.32 Å². The van der Waals surface area contributed by atoms with E-state index in [-0.39, 0.29) is 5.82 Å². The van der Waals surface area contributed by atoms with Crippen LogP contribution in [0, 0.1) is 5.82 Å². The number of benzene rings is 1. The average Bonchev–Trinajstić information content (AvgIpc) is 2.77. The highest BCUT2D eigenvalue weighted by Gasteiger charge is 2.00. The Labute approximate surface area is 105 Å². The molecule has 1 heterocycles. The molecule has 2 aromatic rings. The van der Waals surface area contributed by atoms with Crippen molar-refractivity contribution >= 4 is 11.3 Å². The second-order valence-electron chi connectivity index (χ2n) is 3.82. The predicted octanol–water partition coefficient (Wildman–Crippen LogP) is 3.13. The molecule has 90 valence electrons. The molecule has 0 aliphatic heterocycles. The minimum atomic E-state index is -0.189. The van der Waals surface area contributed by atoms with Gasteiger partial charge < -0.3 is 5.32 Å². The molecular weight excluding hydrogens is 235 g/mol. The molecule has 0 spiro atoms. The first-order valence-corrected chi connectivity index (χ1v) is 6.54. The number of nitrogens with zero attached hydrogens (tertiary/aromatic N) is 1. The largest absolute Gasteiger partial charge is 0.307 e. The lowest BCUT2D eigenvalue weighted by Crippen LogP contribution is -2.13. The fraction of sp³-hybridized carbons (Fsp3) is 0.308. The molecule has 0 unspecified atom stereocenters. The van der Waals surface area contributed by atoms with E-state index in [4.69, 9.17) is 0 Å². The minimum absolute atomic E-state index is 0.189. The standard InChI is InChI=1S/C13H15FN2S/c1-2-13-16-12(9-17-13)8-15-7-10-4-3-5-11(14)6-10/h3-6,9,15H,2,7-8H2,1H3. The summed E-state index contributed by atoms with van der Waals surface area (Å²) in [5, 5.41) is 6.49. The van der Waals surface area contributed by atoms with Gasteiger partial charge in [0.05, 0.1) is 10.7 Å². The van der Waals surface area contributed by atoms with Crippen molar-refractivity contribution in [3.63, 3.8) is 0 Å². The summed E-state index contributed by atoms with van der Waals surface area (Å²) in [7, 11) is 0. The van der Waals surface area contributed by atoms with Crippen molar-refractivity contribution in [2.24, 2.45) is 0 Å². The number of aromatic nitrogens is 1. The molecule has 17 heavy (non-hydrogen) atoms. The van der Waals surface area contributed by atoms with Gasteiger partial charge in [0.1, 0.15) is 5.82 Å². The van der Waals surface area contributed by atoms with E-state index in [0.717, 1.165) is 29.2 Å². The van der Waals surface area contributed by atoms with E-state index in [1.54, 1.807) is 23.5 Å². The van der Waals surface area contributed by atoms with Gasteiger partial charge in [-0.1, -0.05) is 19.1 Å². The van der Waals surface area contributed by atoms with Gasteiger partial charge in [0.15, 0.2) is 0 Å². The molecule has 1 N–H and O–H groups in total. The number of nitrogens with one attached hydrogen (secondary N) is 1. The van der Waals surface area contributed by atoms with Crippen molar-refractivity contribution in [1.82, 2.24) is 10.3 Å². The molecule has 0 atom stereocenters. The fourth-order valence-electron chi connectivity index (χ4n) is 1.57. The van der Waals surface area contributed by atoms with Crippen molar-refractivity contribution in [2.45, 2.75) is 26.4 Å². The zero-order valence-corrected chi connectivity index (χ0v) is 10.6. The van der Waals surface area contributed by atoms with Crippen LogP contribution >= 0.6 is 11.3 Å². The lowest BCUT2D eigenvalue weighted by Gasteiger charge is -2.02. The van der Waals surface area contributed by atoms with Gasteiger partial charge in [-0.25, -0.2) is 9.37 Å². The van der Waals surface area contributed by atoms with Crippen molar-refractivity contribution in [3.05, 3.63) is 51.7 Å². The van der Waals surface area contributed by atoms with E-state index in [2.05, 4.69) is 22.6 Å². The summed E-state index contributed by atoms with van der Waals surface area (Å²) in [5.74, 6) is -0.189. The van der Waals surface area contributed by atoms with Crippen LogP contribution in [0.4, 0.5) is 4.39 Å². The zero-order chi connectivity index (χ0) is 12.1. The van der Waals surface area contributed by atoms with E-state index < -0.39 is 0 Å². The first-order valence-electron chi connectivity index (χ1n) is 5.66. The van der Waals surface area contributed by atoms with Gasteiger partial charge in [-0.05, 0) is 24.1 Å². The predicted molar refractivity (Wildman–Crippen MR) is 68.4 cm³/mol. The number of hydrogen-bond donors (Lipinski definition) is 1. The SMILES string of the molecule is CCc1nc(CNCc2cccc(F)c2)cs1. The second-order valence-corrected chi connectivity index (χ2v) is 4.76. The van der Waals surface area contributed by atoms with Gasteiger partial charge in [-0.3, -0.25) is 0 Å². The molecule has 2 rings (SSSR count). The van der Waals surface area contributed by atoms with Gasteiger partial charge in [0.2, 0.25) is 0 Å². The lowest BCUT2D eigenvalue weighted by molar-refractivity contribution is 0.619. The summed E-state index contributed by atoms with van der Waals surface area (Å²) in [5.41, 5.74) is 2.01.